The molecule has 0 spiro atoms. The first-order chi connectivity index (χ1) is 8.91. The van der Waals surface area contributed by atoms with Gasteiger partial charge >= 0.3 is 0 Å². The molecule has 0 radical (unpaired) electrons. The summed E-state index contributed by atoms with van der Waals surface area (Å²) in [5, 5.41) is -0.0241. The van der Waals surface area contributed by atoms with E-state index in [0.717, 1.165) is 0 Å². The first kappa shape index (κ1) is 14.0. The van der Waals surface area contributed by atoms with E-state index < -0.39 is 5.82 Å². The minimum atomic E-state index is -0.616. The third-order valence-electron chi connectivity index (χ3n) is 3.32. The molecule has 0 N–H and O–H groups in total. The number of anilines is 1. The molecule has 0 saturated carbocycles. The Balaban J connectivity index is 2.25. The van der Waals surface area contributed by atoms with E-state index in [4.69, 9.17) is 11.6 Å². The van der Waals surface area contributed by atoms with Crippen molar-refractivity contribution >= 4 is 29.0 Å². The summed E-state index contributed by atoms with van der Waals surface area (Å²) in [5.41, 5.74) is 0.150. The Bertz CT molecular complexity index is 530. The van der Waals surface area contributed by atoms with Crippen LogP contribution in [0.3, 0.4) is 0 Å². The van der Waals surface area contributed by atoms with Crippen molar-refractivity contribution in [3.05, 3.63) is 29.0 Å². The molecule has 102 valence electrons. The molecule has 1 aliphatic rings. The highest BCUT2D eigenvalue weighted by molar-refractivity contribution is 6.31. The van der Waals surface area contributed by atoms with Crippen LogP contribution in [0, 0.1) is 17.7 Å². The first-order valence-electron chi connectivity index (χ1n) is 6.20. The number of benzene rings is 1. The zero-order valence-corrected chi connectivity index (χ0v) is 11.6. The molecule has 1 aromatic carbocycles. The molecule has 0 aliphatic carbocycles. The van der Waals surface area contributed by atoms with E-state index in [1.54, 1.807) is 19.9 Å². The fourth-order valence-corrected chi connectivity index (χ4v) is 2.47. The molecular formula is C14H15ClFNO2. The quantitative estimate of drug-likeness (QED) is 0.855. The minimum absolute atomic E-state index is 0.0241. The molecule has 5 heteroatoms. The predicted molar refractivity (Wildman–Crippen MR) is 71.7 cm³/mol. The highest BCUT2D eigenvalue weighted by atomic mass is 35.5. The maximum atomic E-state index is 13.9. The number of hydrogen-bond donors (Lipinski definition) is 0. The van der Waals surface area contributed by atoms with Crippen molar-refractivity contribution in [2.24, 2.45) is 11.8 Å². The second-order valence-corrected chi connectivity index (χ2v) is 5.44. The van der Waals surface area contributed by atoms with Gasteiger partial charge in [0.1, 0.15) is 5.78 Å². The SMILES string of the molecule is CC(C)C(=O)C1CC(=O)N(c2cccc(Cl)c2F)C1. The molecule has 1 atom stereocenters. The van der Waals surface area contributed by atoms with Crippen LogP contribution in [0.15, 0.2) is 18.2 Å². The van der Waals surface area contributed by atoms with E-state index in [2.05, 4.69) is 0 Å². The van der Waals surface area contributed by atoms with E-state index in [9.17, 15) is 14.0 Å². The Hall–Kier alpha value is -1.42. The fraction of sp³-hybridized carbons (Fsp3) is 0.429. The number of Topliss-reactive ketones (excluding diaryl/α,β-unsaturated/α-hetero) is 1. The van der Waals surface area contributed by atoms with Crippen molar-refractivity contribution in [2.45, 2.75) is 20.3 Å². The molecule has 3 nitrogen and oxygen atoms in total. The molecule has 1 unspecified atom stereocenters. The summed E-state index contributed by atoms with van der Waals surface area (Å²) in [6.07, 6.45) is 0.142. The fourth-order valence-electron chi connectivity index (χ4n) is 2.30. The third-order valence-corrected chi connectivity index (χ3v) is 3.61. The van der Waals surface area contributed by atoms with Crippen LogP contribution >= 0.6 is 11.6 Å². The van der Waals surface area contributed by atoms with Crippen molar-refractivity contribution in [3.8, 4) is 0 Å². The van der Waals surface area contributed by atoms with Crippen LogP contribution in [0.1, 0.15) is 20.3 Å². The Morgan fingerprint density at radius 3 is 2.79 bits per heavy atom. The average Bonchev–Trinajstić information content (AvgIpc) is 2.73. The van der Waals surface area contributed by atoms with Gasteiger partial charge in [0.25, 0.3) is 0 Å². The summed E-state index contributed by atoms with van der Waals surface area (Å²) in [5.74, 6) is -1.29. The average molecular weight is 284 g/mol. The monoisotopic (exact) mass is 283 g/mol. The number of carbonyl (C=O) groups is 2. The second-order valence-electron chi connectivity index (χ2n) is 5.04. The molecule has 1 amide bonds. The molecule has 19 heavy (non-hydrogen) atoms. The summed E-state index contributed by atoms with van der Waals surface area (Å²) in [6.45, 7) is 3.83. The number of ketones is 1. The number of rotatable bonds is 3. The summed E-state index contributed by atoms with van der Waals surface area (Å²) >= 11 is 5.71. The zero-order chi connectivity index (χ0) is 14.2. The van der Waals surface area contributed by atoms with E-state index in [1.165, 1.54) is 17.0 Å². The molecular weight excluding hydrogens is 269 g/mol. The lowest BCUT2D eigenvalue weighted by Crippen LogP contribution is -2.27. The Morgan fingerprint density at radius 2 is 2.16 bits per heavy atom. The number of hydrogen-bond acceptors (Lipinski definition) is 2. The van der Waals surface area contributed by atoms with Crippen LogP contribution in [0.2, 0.25) is 5.02 Å². The highest BCUT2D eigenvalue weighted by Gasteiger charge is 2.36. The van der Waals surface area contributed by atoms with Gasteiger partial charge in [-0.3, -0.25) is 9.59 Å². The Kier molecular flexibility index (Phi) is 3.90. The van der Waals surface area contributed by atoms with Gasteiger partial charge in [0, 0.05) is 24.8 Å². The van der Waals surface area contributed by atoms with Gasteiger partial charge in [0.2, 0.25) is 5.91 Å². The van der Waals surface area contributed by atoms with E-state index >= 15 is 0 Å². The molecule has 1 heterocycles. The molecule has 1 saturated heterocycles. The van der Waals surface area contributed by atoms with E-state index in [-0.39, 0.29) is 47.2 Å². The lowest BCUT2D eigenvalue weighted by molar-refractivity contribution is -0.127. The number of halogens is 2. The van der Waals surface area contributed by atoms with Gasteiger partial charge in [-0.15, -0.1) is 0 Å². The van der Waals surface area contributed by atoms with Gasteiger partial charge < -0.3 is 4.90 Å². The minimum Gasteiger partial charge on any atom is -0.309 e. The number of nitrogens with zero attached hydrogens (tertiary/aromatic N) is 1. The van der Waals surface area contributed by atoms with Gasteiger partial charge in [-0.1, -0.05) is 31.5 Å². The largest absolute Gasteiger partial charge is 0.309 e. The second kappa shape index (κ2) is 5.29. The van der Waals surface area contributed by atoms with E-state index in [1.807, 2.05) is 0 Å². The van der Waals surface area contributed by atoms with Crippen LogP contribution in [0.5, 0.6) is 0 Å². The topological polar surface area (TPSA) is 37.4 Å². The summed E-state index contributed by atoms with van der Waals surface area (Å²) in [7, 11) is 0. The zero-order valence-electron chi connectivity index (χ0n) is 10.8. The summed E-state index contributed by atoms with van der Waals surface area (Å²) in [6, 6.07) is 4.52. The highest BCUT2D eigenvalue weighted by Crippen LogP contribution is 2.31. The van der Waals surface area contributed by atoms with Crippen LogP contribution in [-0.4, -0.2) is 18.2 Å². The van der Waals surface area contributed by atoms with Gasteiger partial charge in [0.15, 0.2) is 5.82 Å². The predicted octanol–water partition coefficient (Wildman–Crippen LogP) is 3.06. The molecule has 1 aromatic rings. The maximum absolute atomic E-state index is 13.9. The van der Waals surface area contributed by atoms with Crippen molar-refractivity contribution in [2.75, 3.05) is 11.4 Å². The molecule has 0 aromatic heterocycles. The van der Waals surface area contributed by atoms with Gasteiger partial charge in [-0.25, -0.2) is 4.39 Å². The Morgan fingerprint density at radius 1 is 1.47 bits per heavy atom. The van der Waals surface area contributed by atoms with Gasteiger partial charge in [-0.2, -0.15) is 0 Å². The third kappa shape index (κ3) is 2.63. The van der Waals surface area contributed by atoms with Crippen molar-refractivity contribution in [1.29, 1.82) is 0 Å². The van der Waals surface area contributed by atoms with E-state index in [0.29, 0.717) is 0 Å². The number of amides is 1. The van der Waals surface area contributed by atoms with Crippen molar-refractivity contribution < 1.29 is 14.0 Å². The lowest BCUT2D eigenvalue weighted by Gasteiger charge is -2.18. The summed E-state index contributed by atoms with van der Waals surface area (Å²) < 4.78 is 13.9. The van der Waals surface area contributed by atoms with Gasteiger partial charge in [0.05, 0.1) is 10.7 Å². The smallest absolute Gasteiger partial charge is 0.227 e. The van der Waals surface area contributed by atoms with Crippen molar-refractivity contribution in [1.82, 2.24) is 0 Å². The van der Waals surface area contributed by atoms with Crippen molar-refractivity contribution in [3.63, 3.8) is 0 Å². The maximum Gasteiger partial charge on any atom is 0.227 e. The van der Waals surface area contributed by atoms with Gasteiger partial charge in [-0.05, 0) is 12.1 Å². The normalized spacial score (nSPS) is 19.3. The molecule has 1 fully saturated rings. The Labute approximate surface area is 116 Å². The standard InChI is InChI=1S/C14H15ClFNO2/c1-8(2)14(19)9-6-12(18)17(7-9)11-5-3-4-10(15)13(11)16/h3-5,8-9H,6-7H2,1-2H3. The number of carbonyl (C=O) groups excluding carboxylic acids is 2. The lowest BCUT2D eigenvalue weighted by atomic mass is 9.95. The summed E-state index contributed by atoms with van der Waals surface area (Å²) in [4.78, 5) is 25.2. The molecule has 1 aliphatic heterocycles. The van der Waals surface area contributed by atoms with Crippen LogP contribution < -0.4 is 4.90 Å². The first-order valence-corrected chi connectivity index (χ1v) is 6.57. The molecule has 2 rings (SSSR count). The van der Waals surface area contributed by atoms with Crippen LogP contribution in [0.4, 0.5) is 10.1 Å². The molecule has 0 bridgehead atoms. The van der Waals surface area contributed by atoms with Crippen LogP contribution in [-0.2, 0) is 9.59 Å². The van der Waals surface area contributed by atoms with Crippen LogP contribution in [0.25, 0.3) is 0 Å².